The van der Waals surface area contributed by atoms with Crippen LogP contribution in [0.15, 0.2) is 12.3 Å². The predicted molar refractivity (Wildman–Crippen MR) is 71.2 cm³/mol. The molecule has 0 N–H and O–H groups in total. The number of ketones is 1. The number of carbonyl (C=O) groups is 1. The summed E-state index contributed by atoms with van der Waals surface area (Å²) in [5.41, 5.74) is 1.38. The number of nitrogens with zero attached hydrogens (tertiary/aromatic N) is 4. The van der Waals surface area contributed by atoms with Gasteiger partial charge in [-0.15, -0.1) is 0 Å². The highest BCUT2D eigenvalue weighted by atomic mass is 16.5. The minimum atomic E-state index is -0.278. The summed E-state index contributed by atoms with van der Waals surface area (Å²) in [7, 11) is 2.91. The SMILES string of the molecule is CCn1nc(C)cc1C(=O)c1ncc(OC)nc1OC. The van der Waals surface area contributed by atoms with Crippen LogP contribution in [0.3, 0.4) is 0 Å². The average molecular weight is 276 g/mol. The van der Waals surface area contributed by atoms with Gasteiger partial charge < -0.3 is 9.47 Å². The van der Waals surface area contributed by atoms with E-state index in [1.165, 1.54) is 20.4 Å². The van der Waals surface area contributed by atoms with Crippen LogP contribution in [0, 0.1) is 6.92 Å². The van der Waals surface area contributed by atoms with Gasteiger partial charge in [-0.3, -0.25) is 9.48 Å². The Morgan fingerprint density at radius 1 is 1.35 bits per heavy atom. The predicted octanol–water partition coefficient (Wildman–Crippen LogP) is 1.25. The van der Waals surface area contributed by atoms with Crippen LogP contribution in [0.1, 0.15) is 28.8 Å². The van der Waals surface area contributed by atoms with E-state index >= 15 is 0 Å². The molecule has 2 aromatic heterocycles. The van der Waals surface area contributed by atoms with Gasteiger partial charge >= 0.3 is 0 Å². The molecule has 0 aliphatic rings. The van der Waals surface area contributed by atoms with Crippen LogP contribution in [-0.4, -0.2) is 39.8 Å². The number of aromatic nitrogens is 4. The quantitative estimate of drug-likeness (QED) is 0.765. The van der Waals surface area contributed by atoms with Crippen LogP contribution in [0.5, 0.6) is 11.8 Å². The van der Waals surface area contributed by atoms with Crippen molar-refractivity contribution in [3.05, 3.63) is 29.3 Å². The van der Waals surface area contributed by atoms with E-state index in [4.69, 9.17) is 9.47 Å². The number of carbonyl (C=O) groups excluding carboxylic acids is 1. The molecule has 106 valence electrons. The summed E-state index contributed by atoms with van der Waals surface area (Å²) in [5, 5.41) is 4.25. The molecule has 0 radical (unpaired) electrons. The van der Waals surface area contributed by atoms with Crippen LogP contribution in [0.4, 0.5) is 0 Å². The van der Waals surface area contributed by atoms with Gasteiger partial charge in [-0.1, -0.05) is 0 Å². The van der Waals surface area contributed by atoms with Crippen molar-refractivity contribution in [3.63, 3.8) is 0 Å². The number of hydrogen-bond acceptors (Lipinski definition) is 6. The molecule has 0 atom stereocenters. The van der Waals surface area contributed by atoms with Crippen molar-refractivity contribution < 1.29 is 14.3 Å². The fourth-order valence-corrected chi connectivity index (χ4v) is 1.84. The molecule has 7 nitrogen and oxygen atoms in total. The molecular formula is C13H16N4O3. The molecule has 0 saturated heterocycles. The molecule has 0 amide bonds. The highest BCUT2D eigenvalue weighted by Crippen LogP contribution is 2.20. The molecule has 0 aromatic carbocycles. The zero-order chi connectivity index (χ0) is 14.7. The molecule has 2 rings (SSSR count). The van der Waals surface area contributed by atoms with Crippen molar-refractivity contribution in [2.75, 3.05) is 14.2 Å². The van der Waals surface area contributed by atoms with E-state index in [0.29, 0.717) is 18.1 Å². The van der Waals surface area contributed by atoms with E-state index in [0.717, 1.165) is 5.69 Å². The van der Waals surface area contributed by atoms with Crippen LogP contribution in [0.25, 0.3) is 0 Å². The average Bonchev–Trinajstić information content (AvgIpc) is 2.86. The highest BCUT2D eigenvalue weighted by Gasteiger charge is 2.22. The van der Waals surface area contributed by atoms with Crippen LogP contribution in [-0.2, 0) is 6.54 Å². The first kappa shape index (κ1) is 14.0. The lowest BCUT2D eigenvalue weighted by Crippen LogP contribution is -2.14. The Labute approximate surface area is 116 Å². The minimum absolute atomic E-state index is 0.135. The Morgan fingerprint density at radius 2 is 2.10 bits per heavy atom. The largest absolute Gasteiger partial charge is 0.480 e. The van der Waals surface area contributed by atoms with E-state index in [1.807, 2.05) is 13.8 Å². The number of aryl methyl sites for hydroxylation is 2. The molecule has 2 heterocycles. The van der Waals surface area contributed by atoms with Crippen molar-refractivity contribution >= 4 is 5.78 Å². The Bertz CT molecular complexity index is 637. The van der Waals surface area contributed by atoms with Gasteiger partial charge in [0.1, 0.15) is 5.69 Å². The zero-order valence-corrected chi connectivity index (χ0v) is 11.9. The second-order valence-electron chi connectivity index (χ2n) is 4.09. The first-order valence-corrected chi connectivity index (χ1v) is 6.14. The Kier molecular flexibility index (Phi) is 3.97. The van der Waals surface area contributed by atoms with Gasteiger partial charge in [0.25, 0.3) is 0 Å². The fourth-order valence-electron chi connectivity index (χ4n) is 1.84. The van der Waals surface area contributed by atoms with Gasteiger partial charge in [0, 0.05) is 6.54 Å². The maximum atomic E-state index is 12.5. The number of rotatable bonds is 5. The van der Waals surface area contributed by atoms with E-state index in [-0.39, 0.29) is 17.4 Å². The lowest BCUT2D eigenvalue weighted by atomic mass is 10.2. The topological polar surface area (TPSA) is 79.1 Å². The first-order chi connectivity index (χ1) is 9.60. The third-order valence-corrected chi connectivity index (χ3v) is 2.77. The normalized spacial score (nSPS) is 10.4. The second-order valence-corrected chi connectivity index (χ2v) is 4.09. The van der Waals surface area contributed by atoms with Gasteiger partial charge in [0.05, 0.1) is 26.1 Å². The van der Waals surface area contributed by atoms with Crippen molar-refractivity contribution in [1.82, 2.24) is 19.7 Å². The zero-order valence-electron chi connectivity index (χ0n) is 11.9. The monoisotopic (exact) mass is 276 g/mol. The lowest BCUT2D eigenvalue weighted by Gasteiger charge is -2.08. The van der Waals surface area contributed by atoms with Crippen molar-refractivity contribution in [2.45, 2.75) is 20.4 Å². The van der Waals surface area contributed by atoms with E-state index in [9.17, 15) is 4.79 Å². The molecule has 0 fully saturated rings. The number of ether oxygens (including phenoxy) is 2. The molecule has 20 heavy (non-hydrogen) atoms. The number of hydrogen-bond donors (Lipinski definition) is 0. The molecule has 0 aliphatic heterocycles. The molecule has 0 unspecified atom stereocenters. The highest BCUT2D eigenvalue weighted by molar-refractivity contribution is 6.08. The molecular weight excluding hydrogens is 260 g/mol. The Hall–Kier alpha value is -2.44. The smallest absolute Gasteiger partial charge is 0.247 e. The molecule has 2 aromatic rings. The van der Waals surface area contributed by atoms with Gasteiger partial charge in [-0.25, -0.2) is 4.98 Å². The summed E-state index contributed by atoms with van der Waals surface area (Å²) in [6.07, 6.45) is 1.38. The van der Waals surface area contributed by atoms with Crippen LogP contribution < -0.4 is 9.47 Å². The summed E-state index contributed by atoms with van der Waals surface area (Å²) in [4.78, 5) is 20.7. The summed E-state index contributed by atoms with van der Waals surface area (Å²) in [6.45, 7) is 4.35. The summed E-state index contributed by atoms with van der Waals surface area (Å²) in [5.74, 6) is 0.147. The van der Waals surface area contributed by atoms with Crippen molar-refractivity contribution in [1.29, 1.82) is 0 Å². The second kappa shape index (κ2) is 5.68. The summed E-state index contributed by atoms with van der Waals surface area (Å²) < 4.78 is 11.7. The van der Waals surface area contributed by atoms with Crippen LogP contribution >= 0.6 is 0 Å². The van der Waals surface area contributed by atoms with Gasteiger partial charge in [-0.2, -0.15) is 10.1 Å². The van der Waals surface area contributed by atoms with Crippen molar-refractivity contribution in [2.24, 2.45) is 0 Å². The Morgan fingerprint density at radius 3 is 2.70 bits per heavy atom. The molecule has 0 saturated carbocycles. The molecule has 0 aliphatic carbocycles. The number of methoxy groups -OCH3 is 2. The third-order valence-electron chi connectivity index (χ3n) is 2.77. The summed E-state index contributed by atoms with van der Waals surface area (Å²) in [6, 6.07) is 1.72. The molecule has 0 bridgehead atoms. The van der Waals surface area contributed by atoms with Crippen molar-refractivity contribution in [3.8, 4) is 11.8 Å². The van der Waals surface area contributed by atoms with E-state index in [1.54, 1.807) is 10.7 Å². The maximum Gasteiger partial charge on any atom is 0.247 e. The maximum absolute atomic E-state index is 12.5. The Balaban J connectivity index is 2.47. The van der Waals surface area contributed by atoms with E-state index in [2.05, 4.69) is 15.1 Å². The fraction of sp³-hybridized carbons (Fsp3) is 0.385. The van der Waals surface area contributed by atoms with Gasteiger partial charge in [-0.05, 0) is 19.9 Å². The first-order valence-electron chi connectivity index (χ1n) is 6.14. The summed E-state index contributed by atoms with van der Waals surface area (Å²) >= 11 is 0. The van der Waals surface area contributed by atoms with Crippen LogP contribution in [0.2, 0.25) is 0 Å². The standard InChI is InChI=1S/C13H16N4O3/c1-5-17-9(6-8(2)16-17)12(18)11-13(20-4)15-10(19-3)7-14-11/h6-7H,5H2,1-4H3. The molecule has 0 spiro atoms. The van der Waals surface area contributed by atoms with E-state index < -0.39 is 0 Å². The third kappa shape index (κ3) is 2.47. The van der Waals surface area contributed by atoms with Gasteiger partial charge in [0.15, 0.2) is 5.69 Å². The molecule has 7 heteroatoms. The van der Waals surface area contributed by atoms with Gasteiger partial charge in [0.2, 0.25) is 17.5 Å². The lowest BCUT2D eigenvalue weighted by molar-refractivity contribution is 0.102. The minimum Gasteiger partial charge on any atom is -0.480 e.